The summed E-state index contributed by atoms with van der Waals surface area (Å²) in [6.45, 7) is 7.52. The lowest BCUT2D eigenvalue weighted by Crippen LogP contribution is -2.50. The summed E-state index contributed by atoms with van der Waals surface area (Å²) in [4.78, 5) is 0. The van der Waals surface area contributed by atoms with Crippen molar-refractivity contribution in [2.75, 3.05) is 0 Å². The van der Waals surface area contributed by atoms with E-state index in [1.165, 1.54) is 6.92 Å². The van der Waals surface area contributed by atoms with Gasteiger partial charge in [-0.2, -0.15) is 0 Å². The van der Waals surface area contributed by atoms with Crippen molar-refractivity contribution in [2.24, 2.45) is 11.3 Å². The number of rotatable bonds is 0. The fourth-order valence-corrected chi connectivity index (χ4v) is 2.77. The Morgan fingerprint density at radius 1 is 1.29 bits per heavy atom. The minimum atomic E-state index is -2.69. The van der Waals surface area contributed by atoms with Gasteiger partial charge in [0.2, 0.25) is 0 Å². The maximum absolute atomic E-state index is 13.1. The molecule has 84 valence electrons. The van der Waals surface area contributed by atoms with Gasteiger partial charge in [-0.15, -0.1) is 0 Å². The van der Waals surface area contributed by atoms with E-state index in [0.717, 1.165) is 0 Å². The smallest absolute Gasteiger partial charge is 0.250 e. The first kappa shape index (κ1) is 11.9. The molecule has 3 heteroatoms. The van der Waals surface area contributed by atoms with Crippen LogP contribution in [-0.4, -0.2) is 16.6 Å². The number of hydrogen-bond donors (Lipinski definition) is 1. The summed E-state index contributed by atoms with van der Waals surface area (Å²) < 4.78 is 26.2. The molecule has 1 fully saturated rings. The Kier molecular flexibility index (Phi) is 2.68. The van der Waals surface area contributed by atoms with Crippen molar-refractivity contribution in [1.29, 1.82) is 0 Å². The van der Waals surface area contributed by atoms with Crippen LogP contribution in [0, 0.1) is 11.3 Å². The van der Waals surface area contributed by atoms with Crippen LogP contribution in [0.25, 0.3) is 0 Å². The molecule has 14 heavy (non-hydrogen) atoms. The van der Waals surface area contributed by atoms with Gasteiger partial charge >= 0.3 is 0 Å². The molecule has 0 radical (unpaired) electrons. The number of aliphatic hydroxyl groups is 1. The van der Waals surface area contributed by atoms with Gasteiger partial charge in [-0.1, -0.05) is 20.8 Å². The van der Waals surface area contributed by atoms with Crippen LogP contribution in [-0.2, 0) is 0 Å². The molecule has 0 aromatic heterocycles. The van der Waals surface area contributed by atoms with Gasteiger partial charge in [0.25, 0.3) is 5.92 Å². The molecule has 1 nitrogen and oxygen atoms in total. The average molecular weight is 206 g/mol. The van der Waals surface area contributed by atoms with Crippen LogP contribution in [0.3, 0.4) is 0 Å². The van der Waals surface area contributed by atoms with Crippen molar-refractivity contribution in [1.82, 2.24) is 0 Å². The normalized spacial score (nSPS) is 38.4. The molecule has 2 atom stereocenters. The maximum Gasteiger partial charge on any atom is 0.250 e. The predicted octanol–water partition coefficient (Wildman–Crippen LogP) is 3.22. The summed E-state index contributed by atoms with van der Waals surface area (Å²) in [6, 6.07) is 0. The number of halogens is 2. The minimum Gasteiger partial charge on any atom is -0.390 e. The zero-order chi connectivity index (χ0) is 11.2. The first-order valence-electron chi connectivity index (χ1n) is 5.15. The van der Waals surface area contributed by atoms with Crippen molar-refractivity contribution in [3.63, 3.8) is 0 Å². The monoisotopic (exact) mass is 206 g/mol. The molecule has 0 aromatic carbocycles. The third-order valence-electron chi connectivity index (χ3n) is 3.21. The van der Waals surface area contributed by atoms with Crippen molar-refractivity contribution >= 4 is 0 Å². The highest BCUT2D eigenvalue weighted by Gasteiger charge is 2.51. The van der Waals surface area contributed by atoms with Gasteiger partial charge < -0.3 is 5.11 Å². The number of hydrogen-bond acceptors (Lipinski definition) is 1. The van der Waals surface area contributed by atoms with Gasteiger partial charge in [0.15, 0.2) is 0 Å². The highest BCUT2D eigenvalue weighted by molar-refractivity contribution is 4.97. The van der Waals surface area contributed by atoms with Crippen molar-refractivity contribution in [3.05, 3.63) is 0 Å². The molecule has 1 rings (SSSR count). The van der Waals surface area contributed by atoms with Crippen LogP contribution >= 0.6 is 0 Å². The zero-order valence-electron chi connectivity index (χ0n) is 9.40. The molecular formula is C11H20F2O. The van der Waals surface area contributed by atoms with E-state index >= 15 is 0 Å². The van der Waals surface area contributed by atoms with E-state index in [1.54, 1.807) is 0 Å². The van der Waals surface area contributed by atoms with E-state index < -0.39 is 17.9 Å². The second-order valence-electron chi connectivity index (χ2n) is 5.85. The summed E-state index contributed by atoms with van der Waals surface area (Å²) in [5, 5.41) is 10.0. The van der Waals surface area contributed by atoms with E-state index in [0.29, 0.717) is 6.42 Å². The first-order chi connectivity index (χ1) is 6.05. The quantitative estimate of drug-likeness (QED) is 0.645. The lowest BCUT2D eigenvalue weighted by atomic mass is 9.64. The Morgan fingerprint density at radius 2 is 1.79 bits per heavy atom. The SMILES string of the molecule is CC(C)(C)C1CCC(F)(F)CC1(C)O. The fourth-order valence-electron chi connectivity index (χ4n) is 2.77. The highest BCUT2D eigenvalue weighted by atomic mass is 19.3. The molecule has 0 aromatic rings. The van der Waals surface area contributed by atoms with E-state index in [-0.39, 0.29) is 17.8 Å². The lowest BCUT2D eigenvalue weighted by molar-refractivity contribution is -0.165. The molecule has 0 spiro atoms. The molecule has 1 aliphatic carbocycles. The second kappa shape index (κ2) is 3.16. The van der Waals surface area contributed by atoms with Gasteiger partial charge in [0.05, 0.1) is 5.60 Å². The summed E-state index contributed by atoms with van der Waals surface area (Å²) in [5.41, 5.74) is -1.35. The van der Waals surface area contributed by atoms with Crippen LogP contribution in [0.5, 0.6) is 0 Å². The largest absolute Gasteiger partial charge is 0.390 e. The topological polar surface area (TPSA) is 20.2 Å². The van der Waals surface area contributed by atoms with Crippen LogP contribution in [0.1, 0.15) is 47.0 Å². The first-order valence-corrected chi connectivity index (χ1v) is 5.15. The fraction of sp³-hybridized carbons (Fsp3) is 1.00. The highest BCUT2D eigenvalue weighted by Crippen LogP contribution is 2.49. The van der Waals surface area contributed by atoms with Gasteiger partial charge in [0.1, 0.15) is 0 Å². The molecular weight excluding hydrogens is 186 g/mol. The molecule has 0 bridgehead atoms. The maximum atomic E-state index is 13.1. The Morgan fingerprint density at radius 3 is 2.14 bits per heavy atom. The summed E-state index contributed by atoms with van der Waals surface area (Å²) in [6.07, 6.45) is -0.0868. The third kappa shape index (κ3) is 2.44. The Hall–Kier alpha value is -0.180. The third-order valence-corrected chi connectivity index (χ3v) is 3.21. The van der Waals surface area contributed by atoms with E-state index in [4.69, 9.17) is 0 Å². The molecule has 1 aliphatic rings. The number of alkyl halides is 2. The Balaban J connectivity index is 2.84. The van der Waals surface area contributed by atoms with E-state index in [1.807, 2.05) is 20.8 Å². The van der Waals surface area contributed by atoms with Crippen LogP contribution in [0.2, 0.25) is 0 Å². The molecule has 0 heterocycles. The van der Waals surface area contributed by atoms with Gasteiger partial charge in [-0.05, 0) is 24.7 Å². The Bertz CT molecular complexity index is 216. The second-order valence-corrected chi connectivity index (χ2v) is 5.85. The van der Waals surface area contributed by atoms with Crippen molar-refractivity contribution in [3.8, 4) is 0 Å². The van der Waals surface area contributed by atoms with Gasteiger partial charge in [-0.3, -0.25) is 0 Å². The predicted molar refractivity (Wildman–Crippen MR) is 52.4 cm³/mol. The van der Waals surface area contributed by atoms with E-state index in [2.05, 4.69) is 0 Å². The average Bonchev–Trinajstić information content (AvgIpc) is 1.76. The molecule has 0 amide bonds. The molecule has 1 saturated carbocycles. The van der Waals surface area contributed by atoms with Crippen LogP contribution in [0.15, 0.2) is 0 Å². The molecule has 1 N–H and O–H groups in total. The zero-order valence-corrected chi connectivity index (χ0v) is 9.40. The molecule has 0 saturated heterocycles. The standard InChI is InChI=1S/C11H20F2O/c1-9(2,3)8-5-6-11(12,13)7-10(8,4)14/h8,14H,5-7H2,1-4H3. The summed E-state index contributed by atoms with van der Waals surface area (Å²) >= 11 is 0. The van der Waals surface area contributed by atoms with Gasteiger partial charge in [-0.25, -0.2) is 8.78 Å². The van der Waals surface area contributed by atoms with Gasteiger partial charge in [0, 0.05) is 12.8 Å². The van der Waals surface area contributed by atoms with Crippen molar-refractivity contribution in [2.45, 2.75) is 58.5 Å². The summed E-state index contributed by atoms with van der Waals surface area (Å²) in [7, 11) is 0. The van der Waals surface area contributed by atoms with Crippen LogP contribution in [0.4, 0.5) is 8.78 Å². The van der Waals surface area contributed by atoms with E-state index in [9.17, 15) is 13.9 Å². The van der Waals surface area contributed by atoms with Crippen LogP contribution < -0.4 is 0 Å². The minimum absolute atomic E-state index is 0.0466. The Labute approximate surface area is 84.5 Å². The molecule has 0 aliphatic heterocycles. The lowest BCUT2D eigenvalue weighted by Gasteiger charge is -2.47. The summed E-state index contributed by atoms with van der Waals surface area (Å²) in [5.74, 6) is -2.74. The van der Waals surface area contributed by atoms with Crippen molar-refractivity contribution < 1.29 is 13.9 Å². The molecule has 2 unspecified atom stereocenters.